The summed E-state index contributed by atoms with van der Waals surface area (Å²) in [6.07, 6.45) is -0.818. The number of halogens is 1. The van der Waals surface area contributed by atoms with E-state index in [1.165, 1.54) is 6.07 Å². The van der Waals surface area contributed by atoms with Crippen LogP contribution < -0.4 is 10.1 Å². The number of benzene rings is 1. The smallest absolute Gasteiger partial charge is 0.408 e. The number of carbonyl (C=O) groups is 2. The molecule has 0 fully saturated rings. The lowest BCUT2D eigenvalue weighted by molar-refractivity contribution is -0.139. The summed E-state index contributed by atoms with van der Waals surface area (Å²) in [5, 5.41) is 12.0. The highest BCUT2D eigenvalue weighted by molar-refractivity contribution is 6.32. The Hall–Kier alpha value is -1.95. The molecular weight excluding hydrogens is 334 g/mol. The molecule has 1 atom stereocenters. The van der Waals surface area contributed by atoms with Crippen LogP contribution in [0.3, 0.4) is 0 Å². The normalized spacial score (nSPS) is 13.1. The van der Waals surface area contributed by atoms with Crippen LogP contribution in [0.1, 0.15) is 53.1 Å². The third-order valence-electron chi connectivity index (χ3n) is 2.61. The molecule has 1 aromatic rings. The molecule has 2 N–H and O–H groups in total. The van der Waals surface area contributed by atoms with Gasteiger partial charge in [-0.25, -0.2) is 9.59 Å². The van der Waals surface area contributed by atoms with Crippen molar-refractivity contribution in [3.8, 4) is 5.75 Å². The second kappa shape index (κ2) is 7.30. The zero-order chi connectivity index (χ0) is 18.7. The third-order valence-corrected chi connectivity index (χ3v) is 2.91. The molecule has 0 aliphatic heterocycles. The van der Waals surface area contributed by atoms with Crippen molar-refractivity contribution in [1.82, 2.24) is 5.32 Å². The summed E-state index contributed by atoms with van der Waals surface area (Å²) in [7, 11) is 0. The summed E-state index contributed by atoms with van der Waals surface area (Å²) in [6, 6.07) is 3.30. The first-order chi connectivity index (χ1) is 10.8. The molecule has 6 nitrogen and oxygen atoms in total. The molecule has 0 heterocycles. The van der Waals surface area contributed by atoms with E-state index in [0.717, 1.165) is 0 Å². The van der Waals surface area contributed by atoms with Gasteiger partial charge >= 0.3 is 12.1 Å². The molecule has 0 saturated heterocycles. The van der Waals surface area contributed by atoms with Gasteiger partial charge in [0.2, 0.25) is 0 Å². The minimum atomic E-state index is -1.28. The fourth-order valence-electron chi connectivity index (χ4n) is 1.82. The van der Waals surface area contributed by atoms with E-state index >= 15 is 0 Å². The molecular formula is C17H24ClNO5. The van der Waals surface area contributed by atoms with Crippen molar-refractivity contribution in [2.45, 2.75) is 58.8 Å². The highest BCUT2D eigenvalue weighted by Crippen LogP contribution is 2.30. The van der Waals surface area contributed by atoms with Crippen LogP contribution in [0.5, 0.6) is 5.75 Å². The number of hydrogen-bond donors (Lipinski definition) is 2. The largest absolute Gasteiger partial charge is 0.487 e. The van der Waals surface area contributed by atoms with Gasteiger partial charge < -0.3 is 19.9 Å². The molecule has 1 rings (SSSR count). The van der Waals surface area contributed by atoms with E-state index in [4.69, 9.17) is 21.1 Å². The number of aliphatic carboxylic acids is 1. The molecule has 24 heavy (non-hydrogen) atoms. The van der Waals surface area contributed by atoms with Crippen molar-refractivity contribution in [2.24, 2.45) is 0 Å². The summed E-state index contributed by atoms with van der Waals surface area (Å²) in [5.74, 6) is -0.782. The van der Waals surface area contributed by atoms with Crippen LogP contribution in [0.4, 0.5) is 4.79 Å². The van der Waals surface area contributed by atoms with E-state index in [0.29, 0.717) is 11.3 Å². The lowest BCUT2D eigenvalue weighted by Crippen LogP contribution is -2.38. The zero-order valence-corrected chi connectivity index (χ0v) is 15.5. The third kappa shape index (κ3) is 6.66. The average molecular weight is 358 g/mol. The molecule has 134 valence electrons. The van der Waals surface area contributed by atoms with E-state index in [2.05, 4.69) is 5.32 Å². The highest BCUT2D eigenvalue weighted by Gasteiger charge is 2.26. The quantitative estimate of drug-likeness (QED) is 0.844. The van der Waals surface area contributed by atoms with Gasteiger partial charge in [-0.05, 0) is 59.2 Å². The molecule has 0 aromatic heterocycles. The van der Waals surface area contributed by atoms with Crippen LogP contribution in [0, 0.1) is 0 Å². The predicted molar refractivity (Wildman–Crippen MR) is 91.6 cm³/mol. The standard InChI is InChI=1S/C17H24ClNO5/c1-16(2,3)23-12-8-7-10(9-11(12)18)13(14(20)21)19-15(22)24-17(4,5)6/h7-9,13H,1-6H3,(H,19,22)(H,20,21)/t13-/m0/s1. The lowest BCUT2D eigenvalue weighted by Gasteiger charge is -2.24. The molecule has 1 amide bonds. The van der Waals surface area contributed by atoms with Gasteiger partial charge in [-0.15, -0.1) is 0 Å². The van der Waals surface area contributed by atoms with Crippen LogP contribution in [0.25, 0.3) is 0 Å². The SMILES string of the molecule is CC(C)(C)OC(=O)N[C@H](C(=O)O)c1ccc(OC(C)(C)C)c(Cl)c1. The number of carboxylic acids is 1. The predicted octanol–water partition coefficient (Wildman–Crippen LogP) is 4.17. The number of rotatable bonds is 4. The number of carboxylic acid groups (broad SMARTS) is 1. The van der Waals surface area contributed by atoms with Crippen LogP contribution in [-0.2, 0) is 9.53 Å². The fraction of sp³-hybridized carbons (Fsp3) is 0.529. The fourth-order valence-corrected chi connectivity index (χ4v) is 2.05. The molecule has 1 aromatic carbocycles. The lowest BCUT2D eigenvalue weighted by atomic mass is 10.1. The van der Waals surface area contributed by atoms with Crippen molar-refractivity contribution in [3.63, 3.8) is 0 Å². The molecule has 0 saturated carbocycles. The average Bonchev–Trinajstić information content (AvgIpc) is 2.34. The van der Waals surface area contributed by atoms with Crippen molar-refractivity contribution >= 4 is 23.7 Å². The summed E-state index contributed by atoms with van der Waals surface area (Å²) < 4.78 is 10.8. The first-order valence-corrected chi connectivity index (χ1v) is 7.87. The Bertz CT molecular complexity index is 616. The molecule has 0 unspecified atom stereocenters. The first-order valence-electron chi connectivity index (χ1n) is 7.49. The second-order valence-corrected chi connectivity index (χ2v) is 7.73. The maximum atomic E-state index is 11.8. The van der Waals surface area contributed by atoms with Gasteiger partial charge in [0.05, 0.1) is 5.02 Å². The molecule has 7 heteroatoms. The highest BCUT2D eigenvalue weighted by atomic mass is 35.5. The van der Waals surface area contributed by atoms with Gasteiger partial charge in [-0.1, -0.05) is 17.7 Å². The van der Waals surface area contributed by atoms with Gasteiger partial charge in [-0.2, -0.15) is 0 Å². The van der Waals surface area contributed by atoms with E-state index in [9.17, 15) is 14.7 Å². The van der Waals surface area contributed by atoms with Crippen LogP contribution in [0.15, 0.2) is 18.2 Å². The van der Waals surface area contributed by atoms with Gasteiger partial charge in [-0.3, -0.25) is 0 Å². The number of alkyl carbamates (subject to hydrolysis) is 1. The van der Waals surface area contributed by atoms with Gasteiger partial charge in [0.25, 0.3) is 0 Å². The van der Waals surface area contributed by atoms with E-state index < -0.39 is 29.3 Å². The number of ether oxygens (including phenoxy) is 2. The van der Waals surface area contributed by atoms with E-state index in [1.54, 1.807) is 32.9 Å². The van der Waals surface area contributed by atoms with E-state index in [1.807, 2.05) is 20.8 Å². The van der Waals surface area contributed by atoms with Gasteiger partial charge in [0, 0.05) is 0 Å². The van der Waals surface area contributed by atoms with E-state index in [-0.39, 0.29) is 5.02 Å². The first kappa shape index (κ1) is 20.1. The Kier molecular flexibility index (Phi) is 6.11. The molecule has 0 bridgehead atoms. The van der Waals surface area contributed by atoms with Crippen LogP contribution in [-0.4, -0.2) is 28.4 Å². The maximum absolute atomic E-state index is 11.8. The summed E-state index contributed by atoms with van der Waals surface area (Å²) >= 11 is 6.17. The number of hydrogen-bond acceptors (Lipinski definition) is 4. The van der Waals surface area contributed by atoms with Gasteiger partial charge in [0.1, 0.15) is 17.0 Å². The van der Waals surface area contributed by atoms with Crippen LogP contribution >= 0.6 is 11.6 Å². The minimum absolute atomic E-state index is 0.264. The second-order valence-electron chi connectivity index (χ2n) is 7.32. The number of amides is 1. The van der Waals surface area contributed by atoms with Crippen molar-refractivity contribution < 1.29 is 24.2 Å². The molecule has 0 aliphatic rings. The minimum Gasteiger partial charge on any atom is -0.487 e. The van der Waals surface area contributed by atoms with Crippen molar-refractivity contribution in [3.05, 3.63) is 28.8 Å². The molecule has 0 aliphatic carbocycles. The summed E-state index contributed by atoms with van der Waals surface area (Å²) in [5.41, 5.74) is -0.846. The Morgan fingerprint density at radius 2 is 1.71 bits per heavy atom. The van der Waals surface area contributed by atoms with Crippen molar-refractivity contribution in [1.29, 1.82) is 0 Å². The topological polar surface area (TPSA) is 84.9 Å². The molecule has 0 spiro atoms. The Morgan fingerprint density at radius 1 is 1.12 bits per heavy atom. The number of nitrogens with one attached hydrogen (secondary N) is 1. The number of carbonyl (C=O) groups excluding carboxylic acids is 1. The summed E-state index contributed by atoms with van der Waals surface area (Å²) in [4.78, 5) is 23.3. The Labute approximate surface area is 147 Å². The van der Waals surface area contributed by atoms with Gasteiger partial charge in [0.15, 0.2) is 6.04 Å². The monoisotopic (exact) mass is 357 g/mol. The Morgan fingerprint density at radius 3 is 2.12 bits per heavy atom. The molecule has 0 radical (unpaired) electrons. The maximum Gasteiger partial charge on any atom is 0.408 e. The summed E-state index contributed by atoms with van der Waals surface area (Å²) in [6.45, 7) is 10.7. The Balaban J connectivity index is 3.00. The zero-order valence-electron chi connectivity index (χ0n) is 14.8. The van der Waals surface area contributed by atoms with Crippen LogP contribution in [0.2, 0.25) is 5.02 Å². The van der Waals surface area contributed by atoms with Crippen molar-refractivity contribution in [2.75, 3.05) is 0 Å².